The van der Waals surface area contributed by atoms with Crippen LogP contribution in [-0.4, -0.2) is 53.0 Å². The molecule has 0 spiro atoms. The molecular formula is C68H48N8O8Pd. The van der Waals surface area contributed by atoms with Crippen molar-refractivity contribution < 1.29 is 58.5 Å². The molecule has 13 rings (SSSR count). The van der Waals surface area contributed by atoms with Gasteiger partial charge in [-0.25, -0.2) is 9.97 Å². The van der Waals surface area contributed by atoms with E-state index in [-0.39, 0.29) is 89.4 Å². The van der Waals surface area contributed by atoms with E-state index in [0.717, 1.165) is 0 Å². The van der Waals surface area contributed by atoms with Gasteiger partial charge in [-0.3, -0.25) is 19.2 Å². The molecule has 2 aliphatic rings. The van der Waals surface area contributed by atoms with Gasteiger partial charge in [-0.2, -0.15) is 0 Å². The van der Waals surface area contributed by atoms with E-state index in [9.17, 15) is 19.2 Å². The summed E-state index contributed by atoms with van der Waals surface area (Å²) in [4.78, 5) is 92.2. The summed E-state index contributed by atoms with van der Waals surface area (Å²) in [5.74, 6) is 4.41. The maximum Gasteiger partial charge on any atom is 2.00 e. The molecule has 8 aromatic carbocycles. The molecule has 0 saturated heterocycles. The molecule has 0 atom stereocenters. The fourth-order valence-corrected chi connectivity index (χ4v) is 10.2. The van der Waals surface area contributed by atoms with Crippen molar-refractivity contribution in [3.8, 4) is 91.5 Å². The SMILES string of the molecule is CCC(=O)c1ccc(Oc2cccc3c2-c2nc-3nc3[n-]c(nc4nc(nc5[n-]c(n2)c2cccc(Oc6ccc(C(=O)CC)cc6)c52)-c2cccc(Oc5ccc(C(=O)CC)cc5)c2-4)c2cccc(Oc4ccc(C(=O)CC)cc4)c32)cc1.[Pd+2]. The number of rotatable bonds is 16. The van der Waals surface area contributed by atoms with Crippen LogP contribution in [0.2, 0.25) is 0 Å². The van der Waals surface area contributed by atoms with Crippen molar-refractivity contribution in [3.05, 3.63) is 192 Å². The van der Waals surface area contributed by atoms with Gasteiger partial charge in [0.25, 0.3) is 0 Å². The third-order valence-corrected chi connectivity index (χ3v) is 14.6. The van der Waals surface area contributed by atoms with Gasteiger partial charge in [0.15, 0.2) is 23.1 Å². The molecule has 0 aliphatic carbocycles. The van der Waals surface area contributed by atoms with Crippen molar-refractivity contribution in [1.82, 2.24) is 39.9 Å². The molecule has 418 valence electrons. The second kappa shape index (κ2) is 23.1. The van der Waals surface area contributed by atoms with Crippen molar-refractivity contribution in [1.29, 1.82) is 0 Å². The van der Waals surface area contributed by atoms with Crippen molar-refractivity contribution in [2.24, 2.45) is 0 Å². The molecule has 0 N–H and O–H groups in total. The third kappa shape index (κ3) is 10.5. The van der Waals surface area contributed by atoms with Crippen LogP contribution in [0.15, 0.2) is 170 Å². The van der Waals surface area contributed by atoms with E-state index in [1.165, 1.54) is 0 Å². The normalized spacial score (nSPS) is 11.3. The number of carbonyl (C=O) groups is 4. The Morgan fingerprint density at radius 2 is 0.612 bits per heavy atom. The first-order valence-corrected chi connectivity index (χ1v) is 27.5. The van der Waals surface area contributed by atoms with Crippen LogP contribution < -0.4 is 28.9 Å². The summed E-state index contributed by atoms with van der Waals surface area (Å²) in [7, 11) is 0. The molecule has 16 nitrogen and oxygen atoms in total. The van der Waals surface area contributed by atoms with Gasteiger partial charge in [0, 0.05) is 92.4 Å². The summed E-state index contributed by atoms with van der Waals surface area (Å²) in [6, 6.07) is 49.9. The van der Waals surface area contributed by atoms with Crippen LogP contribution in [0.5, 0.6) is 46.0 Å². The Labute approximate surface area is 500 Å². The summed E-state index contributed by atoms with van der Waals surface area (Å²) in [5.41, 5.74) is 5.31. The summed E-state index contributed by atoms with van der Waals surface area (Å²) >= 11 is 0. The maximum absolute atomic E-state index is 12.6. The van der Waals surface area contributed by atoms with Gasteiger partial charge in [-0.1, -0.05) is 76.2 Å². The van der Waals surface area contributed by atoms with Gasteiger partial charge in [-0.05, 0) is 132 Å². The van der Waals surface area contributed by atoms with Crippen LogP contribution in [0.4, 0.5) is 0 Å². The predicted octanol–water partition coefficient (Wildman–Crippen LogP) is 15.7. The van der Waals surface area contributed by atoms with E-state index < -0.39 is 0 Å². The molecule has 8 bridgehead atoms. The zero-order valence-electron chi connectivity index (χ0n) is 46.2. The zero-order chi connectivity index (χ0) is 57.6. The Hall–Kier alpha value is -10.3. The van der Waals surface area contributed by atoms with Gasteiger partial charge in [0.05, 0.1) is 34.4 Å². The average Bonchev–Trinajstić information content (AvgIpc) is 2.31. The first kappa shape index (κ1) is 55.2. The third-order valence-electron chi connectivity index (χ3n) is 14.6. The summed E-state index contributed by atoms with van der Waals surface area (Å²) in [5, 5.41) is 2.14. The van der Waals surface area contributed by atoms with E-state index in [1.807, 2.05) is 100 Å². The summed E-state index contributed by atoms with van der Waals surface area (Å²) in [6.45, 7) is 7.28. The number of hydrogen-bond donors (Lipinski definition) is 0. The number of ether oxygens (including phenoxy) is 4. The van der Waals surface area contributed by atoms with Gasteiger partial charge in [0.2, 0.25) is 0 Å². The summed E-state index contributed by atoms with van der Waals surface area (Å²) in [6.07, 6.45) is 1.44. The Bertz CT molecular complexity index is 4380. The fraction of sp³-hybridized carbons (Fsp3) is 0.118. The molecule has 0 radical (unpaired) electrons. The van der Waals surface area contributed by atoms with Gasteiger partial charge < -0.3 is 48.9 Å². The van der Waals surface area contributed by atoms with E-state index >= 15 is 0 Å². The van der Waals surface area contributed by atoms with E-state index in [4.69, 9.17) is 58.8 Å². The van der Waals surface area contributed by atoms with Crippen molar-refractivity contribution in [2.75, 3.05) is 0 Å². The van der Waals surface area contributed by atoms with Crippen LogP contribution in [-0.2, 0) is 20.4 Å². The number of nitrogens with zero attached hydrogens (tertiary/aromatic N) is 8. The Kier molecular flexibility index (Phi) is 15.0. The zero-order valence-corrected chi connectivity index (χ0v) is 47.7. The molecular weight excluding hydrogens is 1160 g/mol. The van der Waals surface area contributed by atoms with Crippen LogP contribution in [0, 0.1) is 0 Å². The fourth-order valence-electron chi connectivity index (χ4n) is 10.2. The largest absolute Gasteiger partial charge is 2.00 e. The number of Topliss-reactive ketones (excluding diaryl/α,β-unsaturated/α-hetero) is 4. The molecule has 3 aromatic heterocycles. The minimum absolute atomic E-state index is 0. The molecule has 2 aliphatic heterocycles. The second-order valence-electron chi connectivity index (χ2n) is 19.8. The van der Waals surface area contributed by atoms with Crippen molar-refractivity contribution >= 4 is 67.3 Å². The molecule has 85 heavy (non-hydrogen) atoms. The number of hydrogen-bond acceptors (Lipinski definition) is 14. The van der Waals surface area contributed by atoms with Gasteiger partial charge >= 0.3 is 20.4 Å². The van der Waals surface area contributed by atoms with E-state index in [1.54, 1.807) is 97.1 Å². The maximum atomic E-state index is 12.6. The smallest absolute Gasteiger partial charge is 0.457 e. The average molecular weight is 1210 g/mol. The topological polar surface area (TPSA) is 211 Å². The van der Waals surface area contributed by atoms with Gasteiger partial charge in [-0.15, -0.1) is 0 Å². The molecule has 17 heteroatoms. The summed E-state index contributed by atoms with van der Waals surface area (Å²) < 4.78 is 26.6. The first-order valence-electron chi connectivity index (χ1n) is 27.5. The monoisotopic (exact) mass is 1210 g/mol. The van der Waals surface area contributed by atoms with Crippen LogP contribution in [0.25, 0.3) is 89.7 Å². The molecule has 0 fully saturated rings. The molecule has 0 unspecified atom stereocenters. The minimum Gasteiger partial charge on any atom is -0.457 e. The number of fused-ring (bicyclic) bond motifs is 20. The Morgan fingerprint density at radius 3 is 0.929 bits per heavy atom. The minimum atomic E-state index is 0. The number of benzene rings is 8. The molecule has 0 amide bonds. The Balaban J connectivity index is 0.00000709. The predicted molar refractivity (Wildman–Crippen MR) is 319 cm³/mol. The number of ketones is 4. The van der Waals surface area contributed by atoms with Crippen LogP contribution >= 0.6 is 0 Å². The second-order valence-corrected chi connectivity index (χ2v) is 19.8. The van der Waals surface area contributed by atoms with Crippen LogP contribution in [0.1, 0.15) is 94.8 Å². The first-order chi connectivity index (χ1) is 41.0. The van der Waals surface area contributed by atoms with Crippen molar-refractivity contribution in [3.63, 3.8) is 0 Å². The number of aromatic nitrogens is 8. The standard InChI is InChI=1S/C68H48N8O8.Pd/c1-5-49(77)37-21-29-41(30-22-37)81-53-17-9-13-45-57(53)65-69-61(45)74-66-59-47(15-11-19-55(59)83-43-33-25-39(26-34-43)51(79)7-3)63(71-66)76-68-60-48(16-12-20-56(60)84-44-35-27-40(28-36-44)52(80)8-4)64(72-68)75-67-58-46(62(70-67)73-65)14-10-18-54(58)82-42-31-23-38(24-32-42)50(78)6-2;/h9-36H,5-8H2,1-4H3;/q-2;+2. The number of carbonyl (C=O) groups excluding carboxylic acids is 4. The van der Waals surface area contributed by atoms with E-state index in [0.29, 0.717) is 138 Å². The molecule has 0 saturated carbocycles. The molecule has 11 aromatic rings. The van der Waals surface area contributed by atoms with Gasteiger partial charge in [0.1, 0.15) is 46.0 Å². The molecule has 5 heterocycles. The quantitative estimate of drug-likeness (QED) is 0.0650. The van der Waals surface area contributed by atoms with Crippen LogP contribution in [0.3, 0.4) is 0 Å². The van der Waals surface area contributed by atoms with E-state index in [2.05, 4.69) is 0 Å². The van der Waals surface area contributed by atoms with Crippen molar-refractivity contribution in [2.45, 2.75) is 53.4 Å². The Morgan fingerprint density at radius 1 is 0.329 bits per heavy atom.